The Morgan fingerprint density at radius 2 is 2.00 bits per heavy atom. The average Bonchev–Trinajstić information content (AvgIpc) is 2.54. The predicted octanol–water partition coefficient (Wildman–Crippen LogP) is 3.74. The van der Waals surface area contributed by atoms with Crippen LogP contribution < -0.4 is 5.32 Å². The first kappa shape index (κ1) is 18.9. The van der Waals surface area contributed by atoms with E-state index in [-0.39, 0.29) is 25.1 Å². The third-order valence-corrected chi connectivity index (χ3v) is 3.76. The van der Waals surface area contributed by atoms with Crippen LogP contribution in [0.5, 0.6) is 0 Å². The van der Waals surface area contributed by atoms with E-state index >= 15 is 0 Å². The number of halogens is 1. The lowest BCUT2D eigenvalue weighted by atomic mass is 10.1. The molecule has 1 heterocycles. The number of hydrogen-bond acceptors (Lipinski definition) is 3. The maximum Gasteiger partial charge on any atom is 0.262 e. The molecular weight excluding hydrogens is 374 g/mol. The summed E-state index contributed by atoms with van der Waals surface area (Å²) in [4.78, 5) is 16.3. The first-order valence-electron chi connectivity index (χ1n) is 6.70. The van der Waals surface area contributed by atoms with Gasteiger partial charge in [0, 0.05) is 11.8 Å². The van der Waals surface area contributed by atoms with Gasteiger partial charge in [0.25, 0.3) is 5.91 Å². The Morgan fingerprint density at radius 3 is 2.61 bits per heavy atom. The minimum absolute atomic E-state index is 0. The molecule has 2 rings (SSSR count). The topological polar surface area (TPSA) is 65.8 Å². The number of nitrogens with one attached hydrogen (secondary N) is 1. The van der Waals surface area contributed by atoms with Crippen LogP contribution in [0.1, 0.15) is 24.1 Å². The Labute approximate surface area is 150 Å². The molecule has 0 fully saturated rings. The van der Waals surface area contributed by atoms with E-state index in [9.17, 15) is 10.1 Å². The predicted molar refractivity (Wildman–Crippen MR) is 98.9 cm³/mol. The summed E-state index contributed by atoms with van der Waals surface area (Å²) in [6.07, 6.45) is 3.15. The first-order valence-corrected chi connectivity index (χ1v) is 7.49. The first-order chi connectivity index (χ1) is 10.6. The molecule has 1 atom stereocenters. The van der Waals surface area contributed by atoms with Crippen LogP contribution in [0.4, 0.5) is 0 Å². The van der Waals surface area contributed by atoms with Gasteiger partial charge in [-0.3, -0.25) is 4.79 Å². The van der Waals surface area contributed by atoms with E-state index in [2.05, 4.69) is 26.2 Å². The highest BCUT2D eigenvalue weighted by molar-refractivity contribution is 9.10. The van der Waals surface area contributed by atoms with Crippen molar-refractivity contribution < 1.29 is 4.79 Å². The van der Waals surface area contributed by atoms with Crippen LogP contribution in [0, 0.1) is 11.3 Å². The summed E-state index contributed by atoms with van der Waals surface area (Å²) < 4.78 is 0.589. The molecule has 0 bridgehead atoms. The van der Waals surface area contributed by atoms with Gasteiger partial charge in [-0.05, 0) is 40.6 Å². The third kappa shape index (κ3) is 5.23. The molecule has 0 saturated heterocycles. The summed E-state index contributed by atoms with van der Waals surface area (Å²) in [5, 5.41) is 12.0. The minimum Gasteiger partial charge on any atom is -0.345 e. The second kappa shape index (κ2) is 9.13. The van der Waals surface area contributed by atoms with Gasteiger partial charge < -0.3 is 5.32 Å². The number of rotatable bonds is 4. The summed E-state index contributed by atoms with van der Waals surface area (Å²) in [6.45, 7) is 1.88. The number of benzene rings is 1. The number of carbonyl (C=O) groups excluding carboxylic acids is 1. The van der Waals surface area contributed by atoms with Crippen LogP contribution in [0.3, 0.4) is 0 Å². The molecule has 23 heavy (non-hydrogen) atoms. The van der Waals surface area contributed by atoms with Gasteiger partial charge in [-0.1, -0.05) is 36.4 Å². The van der Waals surface area contributed by atoms with Crippen molar-refractivity contribution in [3.8, 4) is 6.07 Å². The van der Waals surface area contributed by atoms with Crippen LogP contribution in [-0.4, -0.2) is 10.9 Å². The van der Waals surface area contributed by atoms with Crippen LogP contribution in [0.15, 0.2) is 58.8 Å². The smallest absolute Gasteiger partial charge is 0.262 e. The zero-order chi connectivity index (χ0) is 15.9. The fourth-order valence-electron chi connectivity index (χ4n) is 1.91. The molecule has 1 N–H and O–H groups in total. The molecule has 1 aromatic heterocycles. The van der Waals surface area contributed by atoms with E-state index < -0.39 is 5.91 Å². The standard InChI is InChI=1S/C17H14BrN3O.H2S/c1-12(13-6-3-2-4-7-13)21-17(22)15(11-19)10-14-8-5-9-20-16(14)18;/h2-10,12H,1H3,(H,21,22);1H2/b15-10+;/t12-;/m0./s1. The van der Waals surface area contributed by atoms with Gasteiger partial charge in [0.05, 0.1) is 6.04 Å². The minimum atomic E-state index is -0.408. The van der Waals surface area contributed by atoms with Crippen molar-refractivity contribution in [3.05, 3.63) is 70.0 Å². The van der Waals surface area contributed by atoms with Crippen LogP contribution in [0.25, 0.3) is 6.08 Å². The van der Waals surface area contributed by atoms with Crippen molar-refractivity contribution in [2.75, 3.05) is 0 Å². The summed E-state index contributed by atoms with van der Waals surface area (Å²) in [5.41, 5.74) is 1.70. The van der Waals surface area contributed by atoms with Crippen LogP contribution >= 0.6 is 29.4 Å². The number of carbonyl (C=O) groups is 1. The second-order valence-corrected chi connectivity index (χ2v) is 5.41. The maximum absolute atomic E-state index is 12.2. The van der Waals surface area contributed by atoms with Crippen molar-refractivity contribution in [2.24, 2.45) is 0 Å². The molecular formula is C17H16BrN3OS. The number of nitrogens with zero attached hydrogens (tertiary/aromatic N) is 2. The van der Waals surface area contributed by atoms with Crippen LogP contribution in [-0.2, 0) is 4.79 Å². The molecule has 0 aliphatic carbocycles. The van der Waals surface area contributed by atoms with Crippen molar-refractivity contribution in [3.63, 3.8) is 0 Å². The van der Waals surface area contributed by atoms with Crippen molar-refractivity contribution in [1.82, 2.24) is 10.3 Å². The average molecular weight is 390 g/mol. The summed E-state index contributed by atoms with van der Waals surface area (Å²) in [5.74, 6) is -0.408. The van der Waals surface area contributed by atoms with E-state index in [1.165, 1.54) is 6.08 Å². The van der Waals surface area contributed by atoms with Gasteiger partial charge in [0.1, 0.15) is 16.2 Å². The van der Waals surface area contributed by atoms with Crippen molar-refractivity contribution >= 4 is 41.4 Å². The van der Waals surface area contributed by atoms with Gasteiger partial charge in [-0.2, -0.15) is 18.8 Å². The van der Waals surface area contributed by atoms with E-state index in [0.29, 0.717) is 10.2 Å². The molecule has 4 nitrogen and oxygen atoms in total. The highest BCUT2D eigenvalue weighted by Gasteiger charge is 2.14. The molecule has 0 aliphatic rings. The Balaban J connectivity index is 0.00000264. The Hall–Kier alpha value is -2.10. The summed E-state index contributed by atoms with van der Waals surface area (Å²) in [7, 11) is 0. The van der Waals surface area contributed by atoms with Crippen molar-refractivity contribution in [2.45, 2.75) is 13.0 Å². The number of nitriles is 1. The molecule has 0 spiro atoms. The Kier molecular flexibility index (Phi) is 7.52. The third-order valence-electron chi connectivity index (χ3n) is 3.10. The van der Waals surface area contributed by atoms with Gasteiger partial charge >= 0.3 is 0 Å². The zero-order valence-electron chi connectivity index (χ0n) is 12.5. The molecule has 118 valence electrons. The normalized spacial score (nSPS) is 11.8. The largest absolute Gasteiger partial charge is 0.345 e. The molecule has 2 aromatic rings. The van der Waals surface area contributed by atoms with Crippen molar-refractivity contribution in [1.29, 1.82) is 5.26 Å². The van der Waals surface area contributed by atoms with E-state index in [1.54, 1.807) is 18.3 Å². The van der Waals surface area contributed by atoms with Gasteiger partial charge in [-0.15, -0.1) is 0 Å². The van der Waals surface area contributed by atoms with Crippen LogP contribution in [0.2, 0.25) is 0 Å². The number of hydrogen-bond donors (Lipinski definition) is 1. The molecule has 0 unspecified atom stereocenters. The van der Waals surface area contributed by atoms with Gasteiger partial charge in [0.15, 0.2) is 0 Å². The Morgan fingerprint density at radius 1 is 1.30 bits per heavy atom. The number of pyridine rings is 1. The highest BCUT2D eigenvalue weighted by atomic mass is 79.9. The van der Waals surface area contributed by atoms with E-state index in [4.69, 9.17) is 0 Å². The van der Waals surface area contributed by atoms with Gasteiger partial charge in [-0.25, -0.2) is 4.98 Å². The second-order valence-electron chi connectivity index (χ2n) is 4.66. The highest BCUT2D eigenvalue weighted by Crippen LogP contribution is 2.17. The summed E-state index contributed by atoms with van der Waals surface area (Å²) >= 11 is 3.29. The lowest BCUT2D eigenvalue weighted by Gasteiger charge is -2.13. The van der Waals surface area contributed by atoms with E-state index in [1.807, 2.05) is 43.3 Å². The zero-order valence-corrected chi connectivity index (χ0v) is 15.0. The lowest BCUT2D eigenvalue weighted by molar-refractivity contribution is -0.117. The fraction of sp³-hybridized carbons (Fsp3) is 0.118. The molecule has 6 heteroatoms. The monoisotopic (exact) mass is 389 g/mol. The quantitative estimate of drug-likeness (QED) is 0.491. The summed E-state index contributed by atoms with van der Waals surface area (Å²) in [6, 6.07) is 14.9. The van der Waals surface area contributed by atoms with E-state index in [0.717, 1.165) is 5.56 Å². The Bertz CT molecular complexity index is 741. The fourth-order valence-corrected chi connectivity index (χ4v) is 2.27. The van der Waals surface area contributed by atoms with Gasteiger partial charge in [0.2, 0.25) is 0 Å². The molecule has 0 saturated carbocycles. The maximum atomic E-state index is 12.2. The number of aromatic nitrogens is 1. The molecule has 1 aromatic carbocycles. The molecule has 1 amide bonds. The lowest BCUT2D eigenvalue weighted by Crippen LogP contribution is -2.27. The SMILES string of the molecule is C[C@H](NC(=O)/C(C#N)=C/c1cccnc1Br)c1ccccc1.S. The molecule has 0 radical (unpaired) electrons. The number of amides is 1. The molecule has 0 aliphatic heterocycles.